The highest BCUT2D eigenvalue weighted by atomic mass is 32.1. The molecule has 0 spiro atoms. The molecule has 31 heavy (non-hydrogen) atoms. The van der Waals surface area contributed by atoms with Crippen LogP contribution < -0.4 is 4.90 Å². The number of thiazole rings is 1. The number of amides is 2. The van der Waals surface area contributed by atoms with Gasteiger partial charge in [-0.15, -0.1) is 0 Å². The number of hydrogen-bond acceptors (Lipinski definition) is 7. The molecule has 4 heterocycles. The molecule has 0 aromatic carbocycles. The lowest BCUT2D eigenvalue weighted by Crippen LogP contribution is -2.38. The van der Waals surface area contributed by atoms with Crippen molar-refractivity contribution in [2.45, 2.75) is 45.4 Å². The van der Waals surface area contributed by atoms with Crippen LogP contribution in [0.4, 0.5) is 5.13 Å². The molecule has 2 aromatic heterocycles. The Kier molecular flexibility index (Phi) is 6.22. The molecule has 4 rings (SSSR count). The van der Waals surface area contributed by atoms with Crippen molar-refractivity contribution in [2.75, 3.05) is 45.2 Å². The van der Waals surface area contributed by atoms with E-state index in [0.29, 0.717) is 24.3 Å². The van der Waals surface area contributed by atoms with Crippen molar-refractivity contribution >= 4 is 28.3 Å². The van der Waals surface area contributed by atoms with Crippen LogP contribution in [-0.2, 0) is 0 Å². The molecule has 8 nitrogen and oxygen atoms in total. The first-order chi connectivity index (χ1) is 14.8. The van der Waals surface area contributed by atoms with E-state index in [-0.39, 0.29) is 17.7 Å². The summed E-state index contributed by atoms with van der Waals surface area (Å²) in [6, 6.07) is 0. The fourth-order valence-electron chi connectivity index (χ4n) is 4.24. The third-order valence-electron chi connectivity index (χ3n) is 6.14. The summed E-state index contributed by atoms with van der Waals surface area (Å²) in [5.74, 6) is 0.972. The number of likely N-dealkylation sites (tertiary alicyclic amines) is 1. The van der Waals surface area contributed by atoms with Gasteiger partial charge in [0.15, 0.2) is 5.13 Å². The minimum absolute atomic E-state index is 0.0855. The van der Waals surface area contributed by atoms with Crippen molar-refractivity contribution in [3.63, 3.8) is 0 Å². The first kappa shape index (κ1) is 21.7. The van der Waals surface area contributed by atoms with E-state index in [2.05, 4.69) is 19.9 Å². The van der Waals surface area contributed by atoms with Crippen molar-refractivity contribution in [2.24, 2.45) is 0 Å². The molecule has 0 atom stereocenters. The van der Waals surface area contributed by atoms with Crippen LogP contribution in [0.5, 0.6) is 0 Å². The highest BCUT2D eigenvalue weighted by molar-refractivity contribution is 7.17. The van der Waals surface area contributed by atoms with Gasteiger partial charge in [-0.05, 0) is 39.5 Å². The predicted octanol–water partition coefficient (Wildman–Crippen LogP) is 2.87. The lowest BCUT2D eigenvalue weighted by atomic mass is 9.95. The number of rotatable bonds is 4. The second-order valence-corrected chi connectivity index (χ2v) is 9.58. The normalized spacial score (nSPS) is 17.3. The predicted molar refractivity (Wildman–Crippen MR) is 121 cm³/mol. The van der Waals surface area contributed by atoms with Gasteiger partial charge in [0.1, 0.15) is 10.7 Å². The first-order valence-corrected chi connectivity index (χ1v) is 11.7. The van der Waals surface area contributed by atoms with E-state index in [1.807, 2.05) is 18.7 Å². The Morgan fingerprint density at radius 2 is 1.71 bits per heavy atom. The van der Waals surface area contributed by atoms with Gasteiger partial charge in [-0.1, -0.05) is 11.3 Å². The van der Waals surface area contributed by atoms with Crippen LogP contribution in [0.15, 0.2) is 6.20 Å². The molecule has 0 unspecified atom stereocenters. The molecule has 0 N–H and O–H groups in total. The Balaban J connectivity index is 1.40. The van der Waals surface area contributed by atoms with Crippen molar-refractivity contribution in [3.8, 4) is 0 Å². The quantitative estimate of drug-likeness (QED) is 0.724. The molecule has 0 bridgehead atoms. The molecular weight excluding hydrogens is 412 g/mol. The summed E-state index contributed by atoms with van der Waals surface area (Å²) >= 11 is 1.53. The molecule has 2 aliphatic rings. The van der Waals surface area contributed by atoms with Gasteiger partial charge in [0.05, 0.1) is 17.0 Å². The van der Waals surface area contributed by atoms with Gasteiger partial charge < -0.3 is 14.7 Å². The van der Waals surface area contributed by atoms with Gasteiger partial charge in [-0.25, -0.2) is 15.0 Å². The van der Waals surface area contributed by atoms with Crippen molar-refractivity contribution in [1.82, 2.24) is 24.8 Å². The van der Waals surface area contributed by atoms with E-state index in [9.17, 15) is 9.59 Å². The van der Waals surface area contributed by atoms with Crippen molar-refractivity contribution < 1.29 is 9.59 Å². The third kappa shape index (κ3) is 4.42. The summed E-state index contributed by atoms with van der Waals surface area (Å²) < 4.78 is 0. The summed E-state index contributed by atoms with van der Waals surface area (Å²) in [7, 11) is 3.45. The number of anilines is 1. The average molecular weight is 443 g/mol. The van der Waals surface area contributed by atoms with Gasteiger partial charge in [-0.3, -0.25) is 9.59 Å². The van der Waals surface area contributed by atoms with Crippen LogP contribution in [0, 0.1) is 13.8 Å². The summed E-state index contributed by atoms with van der Waals surface area (Å²) in [6.45, 7) is 7.21. The number of aromatic nitrogens is 3. The minimum Gasteiger partial charge on any atom is -0.348 e. The minimum atomic E-state index is -0.0855. The van der Waals surface area contributed by atoms with Gasteiger partial charge in [0.25, 0.3) is 11.8 Å². The Labute approximate surface area is 187 Å². The fourth-order valence-corrected chi connectivity index (χ4v) is 5.33. The second-order valence-electron chi connectivity index (χ2n) is 8.60. The molecule has 9 heteroatoms. The summed E-state index contributed by atoms with van der Waals surface area (Å²) in [6.07, 6.45) is 5.67. The lowest BCUT2D eigenvalue weighted by molar-refractivity contribution is 0.0714. The lowest BCUT2D eigenvalue weighted by Gasteiger charge is -2.31. The van der Waals surface area contributed by atoms with E-state index >= 15 is 0 Å². The molecule has 0 radical (unpaired) electrons. The zero-order valence-corrected chi connectivity index (χ0v) is 19.5. The smallest absolute Gasteiger partial charge is 0.265 e. The van der Waals surface area contributed by atoms with Gasteiger partial charge >= 0.3 is 0 Å². The number of carbonyl (C=O) groups excluding carboxylic acids is 2. The van der Waals surface area contributed by atoms with Crippen molar-refractivity contribution in [1.29, 1.82) is 0 Å². The van der Waals surface area contributed by atoms with Crippen LogP contribution in [0.25, 0.3) is 0 Å². The topological polar surface area (TPSA) is 82.5 Å². The monoisotopic (exact) mass is 442 g/mol. The van der Waals surface area contributed by atoms with Crippen LogP contribution in [0.2, 0.25) is 0 Å². The van der Waals surface area contributed by atoms with Crippen LogP contribution in [-0.4, -0.2) is 76.8 Å². The maximum absolute atomic E-state index is 13.1. The van der Waals surface area contributed by atoms with E-state index in [1.165, 1.54) is 29.1 Å². The molecule has 2 fully saturated rings. The largest absolute Gasteiger partial charge is 0.348 e. The maximum atomic E-state index is 13.1. The molecule has 2 aliphatic heterocycles. The average Bonchev–Trinajstić information content (AvgIpc) is 3.42. The standard InChI is InChI=1S/C22H30N6O2S/c1-14-17(20(29)26(3)4)13-23-19(24-14)16-7-11-27(12-8-16)21(30)18-15(2)25-22(31-18)28-9-5-6-10-28/h13,16H,5-12H2,1-4H3. The highest BCUT2D eigenvalue weighted by Crippen LogP contribution is 2.32. The Morgan fingerprint density at radius 3 is 2.32 bits per heavy atom. The van der Waals surface area contributed by atoms with Crippen LogP contribution in [0.1, 0.15) is 68.8 Å². The molecule has 0 aliphatic carbocycles. The summed E-state index contributed by atoms with van der Waals surface area (Å²) in [4.78, 5) is 45.6. The third-order valence-corrected chi connectivity index (χ3v) is 7.34. The molecule has 2 amide bonds. The first-order valence-electron chi connectivity index (χ1n) is 10.9. The van der Waals surface area contributed by atoms with E-state index < -0.39 is 0 Å². The van der Waals surface area contributed by atoms with E-state index in [4.69, 9.17) is 0 Å². The number of piperidine rings is 1. The molecule has 2 aromatic rings. The fraction of sp³-hybridized carbons (Fsp3) is 0.591. The Hall–Kier alpha value is -2.55. The van der Waals surface area contributed by atoms with Gasteiger partial charge in [-0.2, -0.15) is 0 Å². The number of aryl methyl sites for hydroxylation is 2. The van der Waals surface area contributed by atoms with Crippen LogP contribution >= 0.6 is 11.3 Å². The van der Waals surface area contributed by atoms with Crippen LogP contribution in [0.3, 0.4) is 0 Å². The van der Waals surface area contributed by atoms with Gasteiger partial charge in [0, 0.05) is 52.4 Å². The highest BCUT2D eigenvalue weighted by Gasteiger charge is 2.29. The molecule has 0 saturated carbocycles. The van der Waals surface area contributed by atoms with E-state index in [0.717, 1.165) is 47.5 Å². The number of nitrogens with zero attached hydrogens (tertiary/aromatic N) is 6. The molecule has 2 saturated heterocycles. The van der Waals surface area contributed by atoms with Crippen molar-refractivity contribution in [3.05, 3.63) is 33.8 Å². The number of carbonyl (C=O) groups is 2. The zero-order chi connectivity index (χ0) is 22.1. The number of hydrogen-bond donors (Lipinski definition) is 0. The summed E-state index contributed by atoms with van der Waals surface area (Å²) in [5.41, 5.74) is 2.08. The molecular formula is C22H30N6O2S. The Bertz CT molecular complexity index is 974. The second kappa shape index (κ2) is 8.90. The SMILES string of the molecule is Cc1nc(C2CCN(C(=O)c3sc(N4CCCC4)nc3C)CC2)ncc1C(=O)N(C)C. The van der Waals surface area contributed by atoms with Gasteiger partial charge in [0.2, 0.25) is 0 Å². The Morgan fingerprint density at radius 1 is 1.03 bits per heavy atom. The summed E-state index contributed by atoms with van der Waals surface area (Å²) in [5, 5.41) is 0.976. The maximum Gasteiger partial charge on any atom is 0.265 e. The van der Waals surface area contributed by atoms with E-state index in [1.54, 1.807) is 20.3 Å². The zero-order valence-electron chi connectivity index (χ0n) is 18.7. The molecule has 166 valence electrons.